The fourth-order valence-corrected chi connectivity index (χ4v) is 6.81. The summed E-state index contributed by atoms with van der Waals surface area (Å²) in [4.78, 5) is 28.4. The molecule has 2 atom stereocenters. The Balaban J connectivity index is 1.10. The van der Waals surface area contributed by atoms with Crippen molar-refractivity contribution >= 4 is 24.4 Å². The highest BCUT2D eigenvalue weighted by Crippen LogP contribution is 2.53. The van der Waals surface area contributed by atoms with Gasteiger partial charge in [-0.2, -0.15) is 0 Å². The first kappa shape index (κ1) is 21.0. The van der Waals surface area contributed by atoms with E-state index in [9.17, 15) is 14.2 Å². The molecule has 4 aliphatic rings. The van der Waals surface area contributed by atoms with Crippen molar-refractivity contribution in [1.82, 2.24) is 15.1 Å². The van der Waals surface area contributed by atoms with Crippen LogP contribution in [-0.4, -0.2) is 80.0 Å². The molecule has 0 unspecified atom stereocenters. The zero-order valence-corrected chi connectivity index (χ0v) is 19.3. The average molecular weight is 446 g/mol. The maximum absolute atomic E-state index is 12.9. The number of carbonyl (C=O) groups excluding carboxylic acids is 2. The molecule has 3 aliphatic heterocycles. The molecular formula is C23H32N3O4P. The van der Waals surface area contributed by atoms with E-state index in [0.29, 0.717) is 24.4 Å². The molecule has 7 nitrogen and oxygen atoms in total. The molecule has 31 heavy (non-hydrogen) atoms. The number of morpholine rings is 1. The minimum Gasteiger partial charge on any atom is -0.366 e. The second-order valence-electron chi connectivity index (χ2n) is 10.4. The summed E-state index contributed by atoms with van der Waals surface area (Å²) in [6.45, 7) is 6.69. The van der Waals surface area contributed by atoms with Gasteiger partial charge < -0.3 is 24.4 Å². The summed E-state index contributed by atoms with van der Waals surface area (Å²) in [5.74, 6) is 0.552. The monoisotopic (exact) mass is 445 g/mol. The highest BCUT2D eigenvalue weighted by atomic mass is 31.2. The maximum Gasteiger partial charge on any atom is 0.320 e. The Bertz CT molecular complexity index is 931. The molecule has 1 saturated carbocycles. The Kier molecular flexibility index (Phi) is 5.17. The van der Waals surface area contributed by atoms with Crippen LogP contribution in [0, 0.1) is 11.3 Å². The molecule has 3 saturated heterocycles. The number of fused-ring (bicyclic) bond motifs is 1. The number of nitrogens with one attached hydrogen (secondary N) is 1. The molecule has 1 N–H and O–H groups in total. The van der Waals surface area contributed by atoms with Gasteiger partial charge in [-0.1, -0.05) is 18.2 Å². The van der Waals surface area contributed by atoms with Crippen molar-refractivity contribution in [2.45, 2.75) is 37.8 Å². The number of hydrogen-bond donors (Lipinski definition) is 1. The van der Waals surface area contributed by atoms with Crippen LogP contribution in [0.2, 0.25) is 0 Å². The number of amides is 3. The van der Waals surface area contributed by atoms with E-state index in [1.165, 1.54) is 5.56 Å². The van der Waals surface area contributed by atoms with E-state index >= 15 is 0 Å². The highest BCUT2D eigenvalue weighted by Gasteiger charge is 2.54. The van der Waals surface area contributed by atoms with Crippen LogP contribution in [0.4, 0.5) is 4.79 Å². The molecule has 0 aromatic heterocycles. The summed E-state index contributed by atoms with van der Waals surface area (Å²) in [5, 5.41) is 3.93. The minimum absolute atomic E-state index is 0.0321. The number of hydrogen-bond acceptors (Lipinski definition) is 4. The number of nitrogens with zero attached hydrogens (tertiary/aromatic N) is 2. The molecule has 3 amide bonds. The van der Waals surface area contributed by atoms with Gasteiger partial charge in [-0.05, 0) is 56.6 Å². The standard InChI is InChI=1S/C23H32N3O4P/c1-31(2,29)18-5-3-4-16(9-18)8-17-10-23(11-17)14-26(15-23)22(28)25-7-6-20-19(12-25)24-21(27)13-30-20/h3-5,9,17,19-20H,6-8,10-15H2,1-2H3,(H,24,27)/t19-,20+/m1/s1. The fraction of sp³-hybridized carbons (Fsp3) is 0.652. The lowest BCUT2D eigenvalue weighted by Gasteiger charge is -2.60. The molecule has 1 aromatic carbocycles. The van der Waals surface area contributed by atoms with Crippen LogP contribution in [0.15, 0.2) is 24.3 Å². The van der Waals surface area contributed by atoms with Gasteiger partial charge >= 0.3 is 6.03 Å². The first-order chi connectivity index (χ1) is 14.7. The SMILES string of the molecule is CP(C)(=O)c1cccc(CC2CC3(C2)CN(C(=O)N2CC[C@@H]4OCC(=O)N[C@@H]4C2)C3)c1. The van der Waals surface area contributed by atoms with Crippen molar-refractivity contribution in [3.8, 4) is 0 Å². The second kappa shape index (κ2) is 7.63. The Labute approximate surface area is 183 Å². The van der Waals surface area contributed by atoms with E-state index in [4.69, 9.17) is 4.74 Å². The number of ether oxygens (including phenoxy) is 1. The zero-order chi connectivity index (χ0) is 21.8. The van der Waals surface area contributed by atoms with Crippen LogP contribution in [0.5, 0.6) is 0 Å². The molecular weight excluding hydrogens is 413 g/mol. The van der Waals surface area contributed by atoms with E-state index < -0.39 is 7.14 Å². The smallest absolute Gasteiger partial charge is 0.320 e. The minimum atomic E-state index is -2.22. The van der Waals surface area contributed by atoms with Crippen molar-refractivity contribution in [2.24, 2.45) is 11.3 Å². The van der Waals surface area contributed by atoms with Crippen LogP contribution in [0.25, 0.3) is 0 Å². The van der Waals surface area contributed by atoms with Crippen LogP contribution in [-0.2, 0) is 20.5 Å². The average Bonchev–Trinajstić information content (AvgIpc) is 2.67. The third kappa shape index (κ3) is 4.14. The summed E-state index contributed by atoms with van der Waals surface area (Å²) in [6.07, 6.45) is 4.15. The second-order valence-corrected chi connectivity index (χ2v) is 13.6. The third-order valence-corrected chi connectivity index (χ3v) is 8.94. The summed E-state index contributed by atoms with van der Waals surface area (Å²) < 4.78 is 17.9. The molecule has 0 bridgehead atoms. The topological polar surface area (TPSA) is 79.0 Å². The zero-order valence-electron chi connectivity index (χ0n) is 18.4. The number of benzene rings is 1. The first-order valence-electron chi connectivity index (χ1n) is 11.3. The summed E-state index contributed by atoms with van der Waals surface area (Å²) in [7, 11) is -2.22. The predicted octanol–water partition coefficient (Wildman–Crippen LogP) is 1.90. The fourth-order valence-electron chi connectivity index (χ4n) is 5.89. The Morgan fingerprint density at radius 1 is 1.26 bits per heavy atom. The first-order valence-corrected chi connectivity index (χ1v) is 13.9. The molecule has 0 radical (unpaired) electrons. The summed E-state index contributed by atoms with van der Waals surface area (Å²) >= 11 is 0. The van der Waals surface area contributed by atoms with Gasteiger partial charge in [0.2, 0.25) is 5.91 Å². The van der Waals surface area contributed by atoms with Crippen LogP contribution < -0.4 is 10.6 Å². The van der Waals surface area contributed by atoms with E-state index in [1.54, 1.807) is 0 Å². The molecule has 1 aliphatic carbocycles. The Morgan fingerprint density at radius 2 is 2.03 bits per heavy atom. The number of piperidine rings is 1. The van der Waals surface area contributed by atoms with Gasteiger partial charge in [-0.25, -0.2) is 4.79 Å². The van der Waals surface area contributed by atoms with Gasteiger partial charge in [-0.3, -0.25) is 4.79 Å². The quantitative estimate of drug-likeness (QED) is 0.721. The number of rotatable bonds is 3. The molecule has 168 valence electrons. The van der Waals surface area contributed by atoms with Gasteiger partial charge in [0.25, 0.3) is 0 Å². The highest BCUT2D eigenvalue weighted by molar-refractivity contribution is 7.70. The largest absolute Gasteiger partial charge is 0.366 e. The lowest BCUT2D eigenvalue weighted by molar-refractivity contribution is -0.140. The molecule has 8 heteroatoms. The summed E-state index contributed by atoms with van der Waals surface area (Å²) in [5.41, 5.74) is 1.57. The van der Waals surface area contributed by atoms with Gasteiger partial charge in [-0.15, -0.1) is 0 Å². The lowest BCUT2D eigenvalue weighted by Crippen LogP contribution is -2.68. The van der Waals surface area contributed by atoms with Crippen LogP contribution in [0.3, 0.4) is 0 Å². The van der Waals surface area contributed by atoms with E-state index in [2.05, 4.69) is 17.4 Å². The third-order valence-electron chi connectivity index (χ3n) is 7.42. The predicted molar refractivity (Wildman–Crippen MR) is 119 cm³/mol. The van der Waals surface area contributed by atoms with Gasteiger partial charge in [0.1, 0.15) is 13.7 Å². The summed E-state index contributed by atoms with van der Waals surface area (Å²) in [6, 6.07) is 8.25. The van der Waals surface area contributed by atoms with E-state index in [-0.39, 0.29) is 30.7 Å². The lowest BCUT2D eigenvalue weighted by atomic mass is 9.56. The normalized spacial score (nSPS) is 27.9. The number of urea groups is 1. The molecule has 3 heterocycles. The number of carbonyl (C=O) groups is 2. The van der Waals surface area contributed by atoms with Gasteiger partial charge in [0.15, 0.2) is 0 Å². The van der Waals surface area contributed by atoms with Crippen molar-refractivity contribution < 1.29 is 18.9 Å². The van der Waals surface area contributed by atoms with Gasteiger partial charge in [0.05, 0.1) is 12.1 Å². The molecule has 5 rings (SSSR count). The maximum atomic E-state index is 12.9. The van der Waals surface area contributed by atoms with Crippen molar-refractivity contribution in [2.75, 3.05) is 46.1 Å². The van der Waals surface area contributed by atoms with Crippen LogP contribution in [0.1, 0.15) is 24.8 Å². The molecule has 4 fully saturated rings. The van der Waals surface area contributed by atoms with Crippen molar-refractivity contribution in [3.05, 3.63) is 29.8 Å². The Morgan fingerprint density at radius 3 is 2.77 bits per heavy atom. The van der Waals surface area contributed by atoms with Crippen LogP contribution >= 0.6 is 7.14 Å². The Hall–Kier alpha value is -1.85. The van der Waals surface area contributed by atoms with Gasteiger partial charge in [0, 0.05) is 36.9 Å². The molecule has 1 aromatic rings. The van der Waals surface area contributed by atoms with E-state index in [1.807, 2.05) is 35.3 Å². The van der Waals surface area contributed by atoms with Crippen molar-refractivity contribution in [3.63, 3.8) is 0 Å². The van der Waals surface area contributed by atoms with E-state index in [0.717, 1.165) is 44.1 Å². The van der Waals surface area contributed by atoms with Crippen molar-refractivity contribution in [1.29, 1.82) is 0 Å². The molecule has 1 spiro atoms. The number of likely N-dealkylation sites (tertiary alicyclic amines) is 2.